The molecule has 1 saturated heterocycles. The Balaban J connectivity index is 1.34. The minimum atomic E-state index is -4.46. The van der Waals surface area contributed by atoms with Crippen LogP contribution in [0.25, 0.3) is 11.1 Å². The van der Waals surface area contributed by atoms with Gasteiger partial charge in [0.1, 0.15) is 12.6 Å². The number of amides is 1. The first-order chi connectivity index (χ1) is 27.1. The molecule has 53 heavy (non-hydrogen) atoms. The predicted molar refractivity (Wildman–Crippen MR) is 198 cm³/mol. The zero-order chi connectivity index (χ0) is 41.2. The van der Waals surface area contributed by atoms with E-state index in [-0.39, 0.29) is 69.9 Å². The van der Waals surface area contributed by atoms with Gasteiger partial charge >= 0.3 is 6.18 Å². The number of alkyl halides is 3. The Bertz CT molecular complexity index is 2130. The second-order valence-electron chi connectivity index (χ2n) is 13.1. The number of likely N-dealkylation sites (tertiary alicyclic amines) is 1. The number of nitrogens with zero attached hydrogens (tertiary/aromatic N) is 3. The highest BCUT2D eigenvalue weighted by atomic mass is 32.2. The summed E-state index contributed by atoms with van der Waals surface area (Å²) in [5.41, 5.74) is 1.18. The lowest BCUT2D eigenvalue weighted by Gasteiger charge is -2.40. The summed E-state index contributed by atoms with van der Waals surface area (Å²) in [6.45, 7) is 3.78. The third kappa shape index (κ3) is 9.29. The smallest absolute Gasteiger partial charge is 0.384 e. The minimum absolute atomic E-state index is 0.00149. The first-order valence-electron chi connectivity index (χ1n) is 19.2. The van der Waals surface area contributed by atoms with Crippen molar-refractivity contribution in [1.82, 2.24) is 9.80 Å². The van der Waals surface area contributed by atoms with E-state index in [1.807, 2.05) is 0 Å². The molecule has 6 rings (SSSR count). The zero-order valence-electron chi connectivity index (χ0n) is 33.3. The fourth-order valence-electron chi connectivity index (χ4n) is 6.54. The number of methoxy groups -OCH3 is 1. The van der Waals surface area contributed by atoms with Crippen LogP contribution in [0.3, 0.4) is 0 Å². The molecule has 6 nitrogen and oxygen atoms in total. The van der Waals surface area contributed by atoms with Gasteiger partial charge in [0.25, 0.3) is 0 Å². The number of thioether (sulfide) groups is 1. The number of carbonyl (C=O) groups excluding carboxylic acids is 1. The quantitative estimate of drug-likeness (QED) is 0.146. The van der Waals surface area contributed by atoms with Gasteiger partial charge in [0.15, 0.2) is 11.6 Å². The maximum absolute atomic E-state index is 14.8. The van der Waals surface area contributed by atoms with Crippen LogP contribution in [-0.4, -0.2) is 66.8 Å². The molecule has 1 amide bonds. The number of carbonyl (C=O) groups is 1. The number of fused-ring (bicyclic) bond motifs is 1. The van der Waals surface area contributed by atoms with Gasteiger partial charge in [-0.25, -0.2) is 8.78 Å². The van der Waals surface area contributed by atoms with Crippen molar-refractivity contribution in [2.45, 2.75) is 50.4 Å². The molecule has 0 spiro atoms. The van der Waals surface area contributed by atoms with Gasteiger partial charge in [-0.2, -0.15) is 13.2 Å². The molecule has 2 aliphatic rings. The maximum Gasteiger partial charge on any atom is 0.416 e. The van der Waals surface area contributed by atoms with Crippen LogP contribution in [0.2, 0.25) is 0 Å². The largest absolute Gasteiger partial charge is 0.416 e. The van der Waals surface area contributed by atoms with Gasteiger partial charge in [0, 0.05) is 61.9 Å². The van der Waals surface area contributed by atoms with Crippen molar-refractivity contribution in [3.8, 4) is 11.1 Å². The summed E-state index contributed by atoms with van der Waals surface area (Å²) in [5, 5.41) is 11.4. The van der Waals surface area contributed by atoms with Crippen LogP contribution in [0.15, 0.2) is 95.9 Å². The molecule has 0 bridgehead atoms. The van der Waals surface area contributed by atoms with Gasteiger partial charge in [0.2, 0.25) is 5.91 Å². The van der Waals surface area contributed by atoms with E-state index in [4.69, 9.17) is 10.2 Å². The Labute approximate surface area is 316 Å². The fraction of sp³-hybridized carbons (Fsp3) is 0.341. The van der Waals surface area contributed by atoms with Crippen molar-refractivity contribution in [3.63, 3.8) is 0 Å². The number of halogens is 5. The van der Waals surface area contributed by atoms with Gasteiger partial charge in [0.05, 0.1) is 22.7 Å². The second kappa shape index (κ2) is 16.8. The Kier molecular flexibility index (Phi) is 10.6. The molecular weight excluding hydrogens is 710 g/mol. The molecule has 1 unspecified atom stereocenters. The van der Waals surface area contributed by atoms with Crippen LogP contribution in [-0.2, 0) is 28.0 Å². The highest BCUT2D eigenvalue weighted by Gasteiger charge is 2.33. The maximum atomic E-state index is 14.8. The topological polar surface area (TPSA) is 56.3 Å². The molecule has 2 heterocycles. The SMILES string of the molecule is [2H]C1=C(SCc2cccc(F)c2F)N(CC(=O)N(Cc2ccc(-c3ccc(C(F)(F)F)cc3)cc2)C2CCN(CCOC)CC2)c2c([2H])c([2H])c(C)c([2H])c2C1O. The first kappa shape index (κ1) is 33.3. The molecule has 1 fully saturated rings. The molecule has 1 N–H and O–H groups in total. The monoisotopic (exact) mass is 755 g/mol. The normalized spacial score (nSPS) is 18.0. The fourth-order valence-corrected chi connectivity index (χ4v) is 7.56. The highest BCUT2D eigenvalue weighted by molar-refractivity contribution is 8.02. The Morgan fingerprint density at radius 3 is 2.36 bits per heavy atom. The first-order valence-corrected chi connectivity index (χ1v) is 18.2. The molecule has 280 valence electrons. The number of anilines is 1. The van der Waals surface area contributed by atoms with Crippen LogP contribution in [0.1, 0.15) is 52.2 Å². The molecule has 2 aliphatic heterocycles. The molecule has 1 atom stereocenters. The molecule has 4 aromatic rings. The van der Waals surface area contributed by atoms with E-state index in [0.717, 1.165) is 42.1 Å². The number of benzene rings is 4. The summed E-state index contributed by atoms with van der Waals surface area (Å²) in [6.07, 6.45) is -4.91. The lowest BCUT2D eigenvalue weighted by molar-refractivity contribution is -0.137. The van der Waals surface area contributed by atoms with Crippen LogP contribution in [0, 0.1) is 18.6 Å². The summed E-state index contributed by atoms with van der Waals surface area (Å²) in [5.74, 6) is -2.75. The molecule has 0 radical (unpaired) electrons. The van der Waals surface area contributed by atoms with E-state index in [1.165, 1.54) is 36.1 Å². The van der Waals surface area contributed by atoms with Crippen LogP contribution in [0.4, 0.5) is 27.6 Å². The number of aliphatic hydroxyl groups excluding tert-OH is 1. The summed E-state index contributed by atoms with van der Waals surface area (Å²) >= 11 is 0.878. The number of piperidine rings is 1. The average molecular weight is 756 g/mol. The van der Waals surface area contributed by atoms with Crippen molar-refractivity contribution in [2.24, 2.45) is 0 Å². The third-order valence-corrected chi connectivity index (χ3v) is 10.5. The lowest BCUT2D eigenvalue weighted by Crippen LogP contribution is -2.50. The minimum Gasteiger partial charge on any atom is -0.384 e. The van der Waals surface area contributed by atoms with Crippen molar-refractivity contribution < 1.29 is 42.1 Å². The van der Waals surface area contributed by atoms with E-state index >= 15 is 0 Å². The van der Waals surface area contributed by atoms with E-state index in [1.54, 1.807) is 36.3 Å². The van der Waals surface area contributed by atoms with E-state index in [0.29, 0.717) is 43.7 Å². The number of aliphatic hydroxyl groups is 1. The van der Waals surface area contributed by atoms with Crippen molar-refractivity contribution in [1.29, 1.82) is 0 Å². The van der Waals surface area contributed by atoms with Crippen molar-refractivity contribution in [2.75, 3.05) is 44.8 Å². The molecular formula is C41H42F5N3O3S. The lowest BCUT2D eigenvalue weighted by atomic mass is 9.99. The van der Waals surface area contributed by atoms with E-state index in [2.05, 4.69) is 4.90 Å². The summed E-state index contributed by atoms with van der Waals surface area (Å²) in [4.78, 5) is 20.1. The van der Waals surface area contributed by atoms with Crippen molar-refractivity contribution >= 4 is 23.4 Å². The second-order valence-corrected chi connectivity index (χ2v) is 14.0. The van der Waals surface area contributed by atoms with Crippen LogP contribution < -0.4 is 4.90 Å². The molecule has 0 aliphatic carbocycles. The Morgan fingerprint density at radius 2 is 1.70 bits per heavy atom. The molecule has 0 saturated carbocycles. The van der Waals surface area contributed by atoms with Gasteiger partial charge in [-0.1, -0.05) is 66.2 Å². The van der Waals surface area contributed by atoms with Crippen molar-refractivity contribution in [3.05, 3.63) is 135 Å². The van der Waals surface area contributed by atoms with Gasteiger partial charge in [-0.05, 0) is 66.7 Å². The molecule has 12 heteroatoms. The van der Waals surface area contributed by atoms with Crippen LogP contribution >= 0.6 is 11.8 Å². The number of hydrogen-bond donors (Lipinski definition) is 1. The number of ether oxygens (including phenoxy) is 1. The summed E-state index contributed by atoms with van der Waals surface area (Å²) in [6, 6.07) is 14.2. The Morgan fingerprint density at radius 1 is 1.02 bits per heavy atom. The summed E-state index contributed by atoms with van der Waals surface area (Å²) in [7, 11) is 1.63. The Hall–Kier alpha value is -4.23. The van der Waals surface area contributed by atoms with Gasteiger partial charge < -0.3 is 24.5 Å². The average Bonchev–Trinajstić information content (AvgIpc) is 3.20. The highest BCUT2D eigenvalue weighted by Crippen LogP contribution is 2.41. The van der Waals surface area contributed by atoms with E-state index in [9.17, 15) is 31.9 Å². The van der Waals surface area contributed by atoms with E-state index < -0.39 is 41.9 Å². The number of hydrogen-bond acceptors (Lipinski definition) is 6. The molecule has 4 aromatic carbocycles. The van der Waals surface area contributed by atoms with Gasteiger partial charge in [-0.3, -0.25) is 4.79 Å². The predicted octanol–water partition coefficient (Wildman–Crippen LogP) is 8.73. The zero-order valence-corrected chi connectivity index (χ0v) is 30.1. The third-order valence-electron chi connectivity index (χ3n) is 9.47. The van der Waals surface area contributed by atoms with Crippen LogP contribution in [0.5, 0.6) is 0 Å². The number of rotatable bonds is 12. The molecule has 0 aromatic heterocycles. The standard InChI is InChI=1S/C41H42F5N3O3S/c1-27-6-15-36-34(22-27)37(50)23-39(53-26-31-4-3-5-35(42)40(31)43)49(36)25-38(51)48(33-16-18-47(19-17-33)20-21-52-2)24-28-7-9-29(10-8-28)30-11-13-32(14-12-30)41(44,45)46/h3-15,22-23,33,37,50H,16-21,24-26H2,1-2H3/i6D,15D,22D,23D. The van der Waals surface area contributed by atoms with Gasteiger partial charge in [-0.15, -0.1) is 11.8 Å². The summed E-state index contributed by atoms with van der Waals surface area (Å²) < 4.78 is 109.